The summed E-state index contributed by atoms with van der Waals surface area (Å²) in [6.07, 6.45) is 3.01. The van der Waals surface area contributed by atoms with E-state index < -0.39 is 0 Å². The highest BCUT2D eigenvalue weighted by Crippen LogP contribution is 2.22. The molecule has 1 aromatic heterocycles. The molecule has 0 bridgehead atoms. The van der Waals surface area contributed by atoms with Crippen LogP contribution in [0.2, 0.25) is 0 Å². The van der Waals surface area contributed by atoms with E-state index in [0.717, 1.165) is 6.42 Å². The third-order valence-electron chi connectivity index (χ3n) is 3.10. The summed E-state index contributed by atoms with van der Waals surface area (Å²) < 4.78 is 0. The average Bonchev–Trinajstić information content (AvgIpc) is 2.63. The zero-order valence-electron chi connectivity index (χ0n) is 10.1. The first-order chi connectivity index (χ1) is 7.59. The minimum Gasteiger partial charge on any atom is -0.361 e. The Labute approximate surface area is 96.2 Å². The van der Waals surface area contributed by atoms with Crippen LogP contribution in [0.15, 0.2) is 24.4 Å². The maximum atomic E-state index is 6.05. The molecule has 0 aliphatic rings. The van der Waals surface area contributed by atoms with Gasteiger partial charge >= 0.3 is 0 Å². The van der Waals surface area contributed by atoms with Gasteiger partial charge in [-0.05, 0) is 32.1 Å². The van der Waals surface area contributed by atoms with E-state index >= 15 is 0 Å². The molecule has 0 spiro atoms. The number of aromatic nitrogens is 1. The summed E-state index contributed by atoms with van der Waals surface area (Å²) in [7, 11) is 4.01. The summed E-state index contributed by atoms with van der Waals surface area (Å²) in [6, 6.07) is 6.36. The largest absolute Gasteiger partial charge is 0.361 e. The Hall–Kier alpha value is -1.32. The number of hydrogen-bond donors (Lipinski definition) is 2. The Morgan fingerprint density at radius 2 is 2.12 bits per heavy atom. The van der Waals surface area contributed by atoms with Crippen molar-refractivity contribution in [2.45, 2.75) is 19.5 Å². The van der Waals surface area contributed by atoms with Crippen LogP contribution in [-0.2, 0) is 6.42 Å². The number of H-pyrrole nitrogens is 1. The van der Waals surface area contributed by atoms with Crippen LogP contribution < -0.4 is 5.73 Å². The lowest BCUT2D eigenvalue weighted by atomic mass is 10.1. The minimum atomic E-state index is 0.0690. The first-order valence-corrected chi connectivity index (χ1v) is 5.57. The van der Waals surface area contributed by atoms with E-state index in [0.29, 0.717) is 0 Å². The molecular weight excluding hydrogens is 198 g/mol. The number of hydrogen-bond acceptors (Lipinski definition) is 2. The van der Waals surface area contributed by atoms with E-state index in [9.17, 15) is 0 Å². The molecule has 1 aromatic carbocycles. The number of benzene rings is 1. The smallest absolute Gasteiger partial charge is 0.0608 e. The van der Waals surface area contributed by atoms with Crippen molar-refractivity contribution in [1.29, 1.82) is 0 Å². The predicted molar refractivity (Wildman–Crippen MR) is 68.4 cm³/mol. The van der Waals surface area contributed by atoms with Crippen molar-refractivity contribution in [2.24, 2.45) is 5.73 Å². The second-order valence-corrected chi connectivity index (χ2v) is 4.55. The fourth-order valence-electron chi connectivity index (χ4n) is 1.94. The summed E-state index contributed by atoms with van der Waals surface area (Å²) in [6.45, 7) is 2.12. The van der Waals surface area contributed by atoms with E-state index in [2.05, 4.69) is 36.3 Å². The Morgan fingerprint density at radius 3 is 2.81 bits per heavy atom. The predicted octanol–water partition coefficient (Wildman–Crippen LogP) is 1.87. The van der Waals surface area contributed by atoms with Gasteiger partial charge in [-0.3, -0.25) is 4.90 Å². The highest BCUT2D eigenvalue weighted by Gasteiger charge is 2.10. The van der Waals surface area contributed by atoms with Gasteiger partial charge in [-0.15, -0.1) is 0 Å². The quantitative estimate of drug-likeness (QED) is 0.771. The SMILES string of the molecule is Cc1cccc2c(CC(N)N(C)C)c[nH]c12. The third kappa shape index (κ3) is 1.96. The van der Waals surface area contributed by atoms with Crippen LogP contribution in [0.25, 0.3) is 10.9 Å². The number of nitrogens with one attached hydrogen (secondary N) is 1. The van der Waals surface area contributed by atoms with Crippen LogP contribution in [0.4, 0.5) is 0 Å². The summed E-state index contributed by atoms with van der Waals surface area (Å²) in [5.41, 5.74) is 9.85. The molecule has 16 heavy (non-hydrogen) atoms. The number of nitrogens with two attached hydrogens (primary N) is 1. The van der Waals surface area contributed by atoms with Crippen molar-refractivity contribution in [1.82, 2.24) is 9.88 Å². The molecule has 0 aliphatic carbocycles. The van der Waals surface area contributed by atoms with Crippen LogP contribution >= 0.6 is 0 Å². The molecule has 3 heteroatoms. The fraction of sp³-hybridized carbons (Fsp3) is 0.385. The number of aromatic amines is 1. The average molecular weight is 217 g/mol. The van der Waals surface area contributed by atoms with Crippen molar-refractivity contribution in [3.63, 3.8) is 0 Å². The van der Waals surface area contributed by atoms with Gasteiger partial charge in [0, 0.05) is 23.5 Å². The summed E-state index contributed by atoms with van der Waals surface area (Å²) in [4.78, 5) is 5.36. The van der Waals surface area contributed by atoms with E-state index in [-0.39, 0.29) is 6.17 Å². The monoisotopic (exact) mass is 217 g/mol. The standard InChI is InChI=1S/C13H19N3/c1-9-5-4-6-11-10(8-15-13(9)11)7-12(14)16(2)3/h4-6,8,12,15H,7,14H2,1-3H3. The molecule has 86 valence electrons. The lowest BCUT2D eigenvalue weighted by molar-refractivity contribution is 0.299. The summed E-state index contributed by atoms with van der Waals surface area (Å²) in [5.74, 6) is 0. The van der Waals surface area contributed by atoms with Gasteiger partial charge in [-0.2, -0.15) is 0 Å². The Kier molecular flexibility index (Phi) is 2.99. The molecule has 2 rings (SSSR count). The number of likely N-dealkylation sites (N-methyl/N-ethyl adjacent to an activating group) is 1. The van der Waals surface area contributed by atoms with Gasteiger partial charge in [0.2, 0.25) is 0 Å². The number of fused-ring (bicyclic) bond motifs is 1. The lowest BCUT2D eigenvalue weighted by Gasteiger charge is -2.19. The molecule has 0 saturated heterocycles. The molecule has 1 atom stereocenters. The van der Waals surface area contributed by atoms with Crippen LogP contribution in [0.3, 0.4) is 0 Å². The van der Waals surface area contributed by atoms with Crippen molar-refractivity contribution in [3.8, 4) is 0 Å². The Balaban J connectivity index is 2.36. The first-order valence-electron chi connectivity index (χ1n) is 5.57. The zero-order chi connectivity index (χ0) is 11.7. The molecule has 0 amide bonds. The van der Waals surface area contributed by atoms with Crippen LogP contribution in [0.1, 0.15) is 11.1 Å². The van der Waals surface area contributed by atoms with Crippen LogP contribution in [-0.4, -0.2) is 30.1 Å². The number of para-hydroxylation sites is 1. The third-order valence-corrected chi connectivity index (χ3v) is 3.10. The topological polar surface area (TPSA) is 45.0 Å². The lowest BCUT2D eigenvalue weighted by Crippen LogP contribution is -2.38. The maximum Gasteiger partial charge on any atom is 0.0608 e. The van der Waals surface area contributed by atoms with Crippen molar-refractivity contribution < 1.29 is 0 Å². The van der Waals surface area contributed by atoms with Crippen molar-refractivity contribution in [3.05, 3.63) is 35.5 Å². The van der Waals surface area contributed by atoms with Gasteiger partial charge in [0.25, 0.3) is 0 Å². The van der Waals surface area contributed by atoms with E-state index in [1.807, 2.05) is 19.0 Å². The van der Waals surface area contributed by atoms with Gasteiger partial charge in [0.05, 0.1) is 6.17 Å². The van der Waals surface area contributed by atoms with E-state index in [4.69, 9.17) is 5.73 Å². The minimum absolute atomic E-state index is 0.0690. The fourth-order valence-corrected chi connectivity index (χ4v) is 1.94. The van der Waals surface area contributed by atoms with Crippen molar-refractivity contribution >= 4 is 10.9 Å². The van der Waals surface area contributed by atoms with Crippen molar-refractivity contribution in [2.75, 3.05) is 14.1 Å². The van der Waals surface area contributed by atoms with Gasteiger partial charge in [0.1, 0.15) is 0 Å². The number of nitrogens with zero attached hydrogens (tertiary/aromatic N) is 1. The zero-order valence-corrected chi connectivity index (χ0v) is 10.1. The highest BCUT2D eigenvalue weighted by molar-refractivity contribution is 5.85. The summed E-state index contributed by atoms with van der Waals surface area (Å²) >= 11 is 0. The molecule has 1 unspecified atom stereocenters. The maximum absolute atomic E-state index is 6.05. The molecule has 0 aliphatic heterocycles. The molecule has 3 N–H and O–H groups in total. The highest BCUT2D eigenvalue weighted by atomic mass is 15.2. The van der Waals surface area contributed by atoms with Crippen LogP contribution in [0, 0.1) is 6.92 Å². The molecule has 1 heterocycles. The number of aryl methyl sites for hydroxylation is 1. The first kappa shape index (κ1) is 11.2. The second kappa shape index (κ2) is 4.28. The Bertz CT molecular complexity index is 485. The molecule has 0 saturated carbocycles. The van der Waals surface area contributed by atoms with Gasteiger partial charge in [-0.1, -0.05) is 18.2 Å². The summed E-state index contributed by atoms with van der Waals surface area (Å²) in [5, 5.41) is 1.29. The molecule has 2 aromatic rings. The molecule has 0 radical (unpaired) electrons. The van der Waals surface area contributed by atoms with Gasteiger partial charge < -0.3 is 10.7 Å². The van der Waals surface area contributed by atoms with E-state index in [1.165, 1.54) is 22.0 Å². The van der Waals surface area contributed by atoms with Crippen LogP contribution in [0.5, 0.6) is 0 Å². The van der Waals surface area contributed by atoms with E-state index in [1.54, 1.807) is 0 Å². The van der Waals surface area contributed by atoms with Gasteiger partial charge in [-0.25, -0.2) is 0 Å². The number of rotatable bonds is 3. The molecular formula is C13H19N3. The second-order valence-electron chi connectivity index (χ2n) is 4.55. The normalized spacial score (nSPS) is 13.6. The molecule has 0 fully saturated rings. The Morgan fingerprint density at radius 1 is 1.38 bits per heavy atom. The van der Waals surface area contributed by atoms with Gasteiger partial charge in [0.15, 0.2) is 0 Å². The molecule has 3 nitrogen and oxygen atoms in total.